The van der Waals surface area contributed by atoms with Crippen molar-refractivity contribution in [1.82, 2.24) is 0 Å². The predicted octanol–water partition coefficient (Wildman–Crippen LogP) is 7.73. The minimum Gasteiger partial charge on any atom is -0.406 e. The van der Waals surface area contributed by atoms with Gasteiger partial charge in [-0.1, -0.05) is 28.1 Å². The monoisotopic (exact) mass is 583 g/mol. The molecule has 5 nitrogen and oxygen atoms in total. The SMILES string of the molecule is C[C@]1(C(F)(F)F)[C@@H](c2cccc(OC(F)(F)F)c2)N(c2ccc(Br)cc2)C(=O)N1c1ccc(C#N)cc1. The third-order valence-electron chi connectivity index (χ3n) is 5.99. The Morgan fingerprint density at radius 2 is 1.54 bits per heavy atom. The molecule has 12 heteroatoms. The van der Waals surface area contributed by atoms with Crippen molar-refractivity contribution in [3.63, 3.8) is 0 Å². The zero-order valence-corrected chi connectivity index (χ0v) is 20.4. The van der Waals surface area contributed by atoms with Crippen molar-refractivity contribution >= 4 is 33.3 Å². The smallest absolute Gasteiger partial charge is 0.406 e. The Bertz CT molecular complexity index is 1350. The molecule has 1 aliphatic rings. The highest BCUT2D eigenvalue weighted by Gasteiger charge is 2.69. The second-order valence-electron chi connectivity index (χ2n) is 8.29. The molecule has 0 radical (unpaired) electrons. The molecule has 3 aromatic rings. The molecule has 0 N–H and O–H groups in total. The van der Waals surface area contributed by atoms with Crippen LogP contribution in [0.4, 0.5) is 42.5 Å². The van der Waals surface area contributed by atoms with Gasteiger partial charge in [-0.3, -0.25) is 9.80 Å². The van der Waals surface area contributed by atoms with Gasteiger partial charge in [-0.2, -0.15) is 18.4 Å². The summed E-state index contributed by atoms with van der Waals surface area (Å²) in [5.41, 5.74) is -3.05. The van der Waals surface area contributed by atoms with E-state index in [1.165, 1.54) is 54.6 Å². The Morgan fingerprint density at radius 1 is 0.946 bits per heavy atom. The lowest BCUT2D eigenvalue weighted by Gasteiger charge is -2.40. The van der Waals surface area contributed by atoms with Crippen molar-refractivity contribution in [2.75, 3.05) is 9.80 Å². The van der Waals surface area contributed by atoms with E-state index in [1.807, 2.05) is 6.07 Å². The minimum atomic E-state index is -5.07. The van der Waals surface area contributed by atoms with E-state index < -0.39 is 35.9 Å². The Labute approximate surface area is 215 Å². The van der Waals surface area contributed by atoms with Crippen molar-refractivity contribution < 1.29 is 35.9 Å². The summed E-state index contributed by atoms with van der Waals surface area (Å²) in [5.74, 6) is -0.727. The highest BCUT2D eigenvalue weighted by atomic mass is 79.9. The van der Waals surface area contributed by atoms with Crippen LogP contribution >= 0.6 is 15.9 Å². The molecule has 37 heavy (non-hydrogen) atoms. The van der Waals surface area contributed by atoms with Gasteiger partial charge in [0.15, 0.2) is 5.54 Å². The number of hydrogen-bond acceptors (Lipinski definition) is 3. The van der Waals surface area contributed by atoms with E-state index in [4.69, 9.17) is 5.26 Å². The van der Waals surface area contributed by atoms with Gasteiger partial charge >= 0.3 is 18.6 Å². The summed E-state index contributed by atoms with van der Waals surface area (Å²) in [4.78, 5) is 15.2. The number of nitriles is 1. The van der Waals surface area contributed by atoms with Gasteiger partial charge in [0.05, 0.1) is 17.7 Å². The van der Waals surface area contributed by atoms with Gasteiger partial charge in [-0.15, -0.1) is 13.2 Å². The Kier molecular flexibility index (Phi) is 6.62. The standard InChI is InChI=1S/C25H16BrF6N3O2/c1-23(24(27,28)29)21(16-3-2-4-20(13-16)37-25(30,31)32)34(18-11-7-17(26)8-12-18)22(36)35(23)19-9-5-15(14-33)6-10-19/h2-13,21H,1H3/t21-,23-/m1/s1. The summed E-state index contributed by atoms with van der Waals surface area (Å²) < 4.78 is 88.1. The van der Waals surface area contributed by atoms with E-state index in [1.54, 1.807) is 0 Å². The molecular formula is C25H16BrF6N3O2. The molecule has 2 atom stereocenters. The summed E-state index contributed by atoms with van der Waals surface area (Å²) in [6.45, 7) is 0.809. The molecular weight excluding hydrogens is 568 g/mol. The van der Waals surface area contributed by atoms with E-state index in [2.05, 4.69) is 20.7 Å². The van der Waals surface area contributed by atoms with Crippen LogP contribution in [-0.2, 0) is 0 Å². The van der Waals surface area contributed by atoms with Gasteiger partial charge < -0.3 is 4.74 Å². The number of hydrogen-bond donors (Lipinski definition) is 0. The number of carbonyl (C=O) groups excluding carboxylic acids is 1. The van der Waals surface area contributed by atoms with E-state index in [0.717, 1.165) is 30.0 Å². The van der Waals surface area contributed by atoms with Crippen molar-refractivity contribution in [2.45, 2.75) is 31.0 Å². The number of anilines is 2. The van der Waals surface area contributed by atoms with E-state index in [9.17, 15) is 31.1 Å². The van der Waals surface area contributed by atoms with Crippen LogP contribution < -0.4 is 14.5 Å². The minimum absolute atomic E-state index is 0.0898. The zero-order chi connectivity index (χ0) is 27.2. The van der Waals surface area contributed by atoms with Gasteiger partial charge in [0.25, 0.3) is 0 Å². The largest absolute Gasteiger partial charge is 0.573 e. The van der Waals surface area contributed by atoms with Crippen LogP contribution in [-0.4, -0.2) is 24.1 Å². The number of halogens is 7. The maximum Gasteiger partial charge on any atom is 0.573 e. The molecule has 1 heterocycles. The quantitative estimate of drug-likeness (QED) is 0.295. The fraction of sp³-hybridized carbons (Fsp3) is 0.200. The number of carbonyl (C=O) groups is 1. The second kappa shape index (κ2) is 9.30. The zero-order valence-electron chi connectivity index (χ0n) is 18.8. The summed E-state index contributed by atoms with van der Waals surface area (Å²) in [6.07, 6.45) is -10.1. The number of amides is 2. The molecule has 0 unspecified atom stereocenters. The highest BCUT2D eigenvalue weighted by Crippen LogP contribution is 2.55. The molecule has 4 rings (SSSR count). The summed E-state index contributed by atoms with van der Waals surface area (Å²) in [7, 11) is 0. The first-order chi connectivity index (χ1) is 17.3. The maximum atomic E-state index is 15.0. The van der Waals surface area contributed by atoms with Crippen molar-refractivity contribution in [3.8, 4) is 11.8 Å². The Balaban J connectivity index is 1.97. The normalized spacial score (nSPS) is 20.2. The summed E-state index contributed by atoms with van der Waals surface area (Å²) >= 11 is 3.24. The van der Waals surface area contributed by atoms with Gasteiger partial charge in [0, 0.05) is 15.8 Å². The average Bonchev–Trinajstić information content (AvgIpc) is 3.06. The van der Waals surface area contributed by atoms with Gasteiger partial charge in [0.2, 0.25) is 0 Å². The molecule has 3 aromatic carbocycles. The first-order valence-electron chi connectivity index (χ1n) is 10.6. The molecule has 1 saturated heterocycles. The van der Waals surface area contributed by atoms with E-state index in [0.29, 0.717) is 9.37 Å². The Hall–Kier alpha value is -3.72. The van der Waals surface area contributed by atoms with E-state index in [-0.39, 0.29) is 22.5 Å². The van der Waals surface area contributed by atoms with Gasteiger partial charge in [-0.25, -0.2) is 4.79 Å². The third-order valence-corrected chi connectivity index (χ3v) is 6.52. The topological polar surface area (TPSA) is 56.6 Å². The lowest BCUT2D eigenvalue weighted by Crippen LogP contribution is -2.57. The van der Waals surface area contributed by atoms with Crippen molar-refractivity contribution in [2.24, 2.45) is 0 Å². The average molecular weight is 584 g/mol. The molecule has 192 valence electrons. The molecule has 0 spiro atoms. The number of alkyl halides is 6. The van der Waals surface area contributed by atoms with Crippen molar-refractivity contribution in [3.05, 3.63) is 88.4 Å². The molecule has 2 amide bonds. The summed E-state index contributed by atoms with van der Waals surface area (Å²) in [6, 6.07) is 14.0. The highest BCUT2D eigenvalue weighted by molar-refractivity contribution is 9.10. The lowest BCUT2D eigenvalue weighted by atomic mass is 9.85. The molecule has 0 aliphatic carbocycles. The van der Waals surface area contributed by atoms with Gasteiger partial charge in [0.1, 0.15) is 5.75 Å². The summed E-state index contributed by atoms with van der Waals surface area (Å²) in [5, 5.41) is 9.07. The van der Waals surface area contributed by atoms with Crippen LogP contribution in [0.25, 0.3) is 0 Å². The predicted molar refractivity (Wildman–Crippen MR) is 126 cm³/mol. The van der Waals surface area contributed by atoms with Crippen LogP contribution in [0.1, 0.15) is 24.1 Å². The number of rotatable bonds is 4. The molecule has 0 bridgehead atoms. The molecule has 0 aromatic heterocycles. The number of nitrogens with zero attached hydrogens (tertiary/aromatic N) is 3. The second-order valence-corrected chi connectivity index (χ2v) is 9.21. The first-order valence-corrected chi connectivity index (χ1v) is 11.4. The lowest BCUT2D eigenvalue weighted by molar-refractivity contribution is -0.274. The van der Waals surface area contributed by atoms with Crippen LogP contribution in [0, 0.1) is 11.3 Å². The van der Waals surface area contributed by atoms with Crippen LogP contribution in [0.15, 0.2) is 77.3 Å². The van der Waals surface area contributed by atoms with Crippen LogP contribution in [0.2, 0.25) is 0 Å². The van der Waals surface area contributed by atoms with Crippen molar-refractivity contribution in [1.29, 1.82) is 5.26 Å². The van der Waals surface area contributed by atoms with Crippen LogP contribution in [0.5, 0.6) is 5.75 Å². The number of benzene rings is 3. The van der Waals surface area contributed by atoms with E-state index >= 15 is 0 Å². The fourth-order valence-corrected chi connectivity index (χ4v) is 4.62. The maximum absolute atomic E-state index is 15.0. The third kappa shape index (κ3) is 4.83. The van der Waals surface area contributed by atoms with Crippen LogP contribution in [0.3, 0.4) is 0 Å². The molecule has 1 aliphatic heterocycles. The molecule has 1 fully saturated rings. The number of ether oxygens (including phenoxy) is 1. The Morgan fingerprint density at radius 3 is 2.08 bits per heavy atom. The fourth-order valence-electron chi connectivity index (χ4n) is 4.35. The number of urea groups is 1. The molecule has 0 saturated carbocycles. The first kappa shape index (κ1) is 26.3. The van der Waals surface area contributed by atoms with Gasteiger partial charge in [-0.05, 0) is 73.2 Å².